The van der Waals surface area contributed by atoms with E-state index in [1.807, 2.05) is 0 Å². The number of H-pyrrole nitrogens is 1. The number of aliphatic hydroxyl groups is 1. The van der Waals surface area contributed by atoms with E-state index in [-0.39, 0.29) is 16.7 Å². The number of aromatic nitrogens is 3. The lowest BCUT2D eigenvalue weighted by atomic mass is 9.42. The molecule has 1 amide bonds. The summed E-state index contributed by atoms with van der Waals surface area (Å²) in [5.41, 5.74) is -0.775. The highest BCUT2D eigenvalue weighted by Crippen LogP contribution is 2.67. The summed E-state index contributed by atoms with van der Waals surface area (Å²) in [6, 6.07) is 0. The second-order valence-corrected chi connectivity index (χ2v) is 9.35. The third-order valence-electron chi connectivity index (χ3n) is 6.41. The quantitative estimate of drug-likeness (QED) is 0.540. The number of hydrogen-bond acceptors (Lipinski definition) is 5. The van der Waals surface area contributed by atoms with Crippen LogP contribution in [0, 0.1) is 16.7 Å². The predicted octanol–water partition coefficient (Wildman–Crippen LogP) is 2.12. The van der Waals surface area contributed by atoms with Gasteiger partial charge in [0.25, 0.3) is 0 Å². The first-order valence-electron chi connectivity index (χ1n) is 8.96. The van der Waals surface area contributed by atoms with E-state index in [0.717, 1.165) is 43.0 Å². The number of aromatic amines is 1. The Bertz CT molecular complexity index is 624. The summed E-state index contributed by atoms with van der Waals surface area (Å²) in [6.45, 7) is 2.84. The van der Waals surface area contributed by atoms with Crippen LogP contribution >= 0.6 is 11.8 Å². The molecule has 24 heavy (non-hydrogen) atoms. The SMILES string of the molecule is CC[C@@]12C[C@@H]3C[C@@](O)(C1)C[C@@](C(=O)NCCSc1ncn[nH]1)(C3)C2. The maximum atomic E-state index is 13.0. The zero-order valence-electron chi connectivity index (χ0n) is 14.2. The fourth-order valence-electron chi connectivity index (χ4n) is 6.00. The zero-order valence-corrected chi connectivity index (χ0v) is 15.0. The lowest BCUT2D eigenvalue weighted by Gasteiger charge is -2.64. The van der Waals surface area contributed by atoms with Crippen LogP contribution in [0.2, 0.25) is 0 Å². The lowest BCUT2D eigenvalue weighted by molar-refractivity contribution is -0.204. The average molecular weight is 350 g/mol. The van der Waals surface area contributed by atoms with Gasteiger partial charge in [0.1, 0.15) is 6.33 Å². The molecule has 4 atom stereocenters. The molecule has 3 N–H and O–H groups in total. The topological polar surface area (TPSA) is 90.9 Å². The molecule has 4 aliphatic carbocycles. The number of carbonyl (C=O) groups excluding carboxylic acids is 1. The first-order valence-corrected chi connectivity index (χ1v) is 9.94. The van der Waals surface area contributed by atoms with E-state index in [9.17, 15) is 9.90 Å². The van der Waals surface area contributed by atoms with Gasteiger partial charge in [-0.25, -0.2) is 4.98 Å². The molecule has 5 rings (SSSR count). The Hall–Kier alpha value is -1.08. The number of nitrogens with one attached hydrogen (secondary N) is 2. The molecule has 1 aromatic heterocycles. The highest BCUT2D eigenvalue weighted by Gasteiger charge is 2.64. The maximum absolute atomic E-state index is 13.0. The van der Waals surface area contributed by atoms with Gasteiger partial charge in [-0.1, -0.05) is 25.1 Å². The summed E-state index contributed by atoms with van der Waals surface area (Å²) in [4.78, 5) is 17.1. The van der Waals surface area contributed by atoms with Gasteiger partial charge in [0.15, 0.2) is 5.16 Å². The lowest BCUT2D eigenvalue weighted by Crippen LogP contribution is -2.63. The summed E-state index contributed by atoms with van der Waals surface area (Å²) < 4.78 is 0. The van der Waals surface area contributed by atoms with Gasteiger partial charge in [-0.15, -0.1) is 0 Å². The number of carbonyl (C=O) groups is 1. The minimum atomic E-state index is -0.610. The van der Waals surface area contributed by atoms with E-state index in [4.69, 9.17) is 0 Å². The minimum Gasteiger partial charge on any atom is -0.390 e. The number of hydrogen-bond donors (Lipinski definition) is 3. The molecular formula is C17H26N4O2S. The molecule has 4 aliphatic rings. The Morgan fingerprint density at radius 2 is 2.29 bits per heavy atom. The van der Waals surface area contributed by atoms with Crippen molar-refractivity contribution in [1.82, 2.24) is 20.5 Å². The smallest absolute Gasteiger partial charge is 0.226 e. The summed E-state index contributed by atoms with van der Waals surface area (Å²) >= 11 is 1.56. The minimum absolute atomic E-state index is 0.154. The fourth-order valence-corrected chi connectivity index (χ4v) is 6.63. The average Bonchev–Trinajstić information content (AvgIpc) is 3.02. The molecule has 4 fully saturated rings. The predicted molar refractivity (Wildman–Crippen MR) is 91.4 cm³/mol. The van der Waals surface area contributed by atoms with E-state index in [2.05, 4.69) is 27.4 Å². The van der Waals surface area contributed by atoms with Crippen molar-refractivity contribution >= 4 is 17.7 Å². The van der Waals surface area contributed by atoms with Gasteiger partial charge >= 0.3 is 0 Å². The van der Waals surface area contributed by atoms with Crippen molar-refractivity contribution in [3.8, 4) is 0 Å². The molecule has 4 saturated carbocycles. The summed E-state index contributed by atoms with van der Waals surface area (Å²) in [6.07, 6.45) is 8.11. The maximum Gasteiger partial charge on any atom is 0.226 e. The van der Waals surface area contributed by atoms with Gasteiger partial charge in [0, 0.05) is 12.3 Å². The van der Waals surface area contributed by atoms with Crippen LogP contribution < -0.4 is 5.32 Å². The van der Waals surface area contributed by atoms with Crippen molar-refractivity contribution in [1.29, 1.82) is 0 Å². The molecule has 0 aliphatic heterocycles. The van der Waals surface area contributed by atoms with Crippen molar-refractivity contribution in [2.45, 2.75) is 62.6 Å². The van der Waals surface area contributed by atoms with Gasteiger partial charge in [0.05, 0.1) is 11.0 Å². The molecular weight excluding hydrogens is 324 g/mol. The number of rotatable bonds is 6. The molecule has 4 bridgehead atoms. The standard InChI is InChI=1S/C17H26N4O2S/c1-2-15-5-12-6-16(8-15,10-17(23,7-12)9-15)13(22)18-3-4-24-14-19-11-20-21-14/h11-12,23H,2-10H2,1H3,(H,18,22)(H,19,20,21)/t12-,15-,16+,17+/m0/s1. The van der Waals surface area contributed by atoms with Crippen LogP contribution in [0.3, 0.4) is 0 Å². The molecule has 7 heteroatoms. The molecule has 0 spiro atoms. The highest BCUT2D eigenvalue weighted by atomic mass is 32.2. The molecule has 1 heterocycles. The van der Waals surface area contributed by atoms with Crippen LogP contribution in [0.4, 0.5) is 0 Å². The number of amides is 1. The second kappa shape index (κ2) is 5.73. The molecule has 0 unspecified atom stereocenters. The second-order valence-electron chi connectivity index (χ2n) is 8.26. The Labute approximate surface area is 146 Å². The van der Waals surface area contributed by atoms with Crippen LogP contribution in [0.25, 0.3) is 0 Å². The van der Waals surface area contributed by atoms with Crippen LogP contribution in [-0.4, -0.2) is 44.1 Å². The van der Waals surface area contributed by atoms with E-state index in [0.29, 0.717) is 18.9 Å². The van der Waals surface area contributed by atoms with E-state index >= 15 is 0 Å². The Morgan fingerprint density at radius 1 is 1.42 bits per heavy atom. The molecule has 0 aromatic carbocycles. The van der Waals surface area contributed by atoms with Gasteiger partial charge in [-0.3, -0.25) is 9.89 Å². The van der Waals surface area contributed by atoms with Crippen molar-refractivity contribution in [2.75, 3.05) is 12.3 Å². The van der Waals surface area contributed by atoms with Gasteiger partial charge in [-0.05, 0) is 49.9 Å². The van der Waals surface area contributed by atoms with E-state index in [1.54, 1.807) is 11.8 Å². The number of thioether (sulfide) groups is 1. The fraction of sp³-hybridized carbons (Fsp3) is 0.824. The normalized spacial score (nSPS) is 40.0. The molecule has 0 radical (unpaired) electrons. The number of nitrogens with zero attached hydrogens (tertiary/aromatic N) is 2. The van der Waals surface area contributed by atoms with Crippen molar-refractivity contribution in [3.63, 3.8) is 0 Å². The third-order valence-corrected chi connectivity index (χ3v) is 7.28. The van der Waals surface area contributed by atoms with Crippen molar-refractivity contribution < 1.29 is 9.90 Å². The largest absolute Gasteiger partial charge is 0.390 e. The Kier molecular flexibility index (Phi) is 3.91. The van der Waals surface area contributed by atoms with Crippen LogP contribution in [0.15, 0.2) is 11.5 Å². The molecule has 132 valence electrons. The molecule has 1 aromatic rings. The third kappa shape index (κ3) is 2.75. The Morgan fingerprint density at radius 3 is 3.00 bits per heavy atom. The molecule has 6 nitrogen and oxygen atoms in total. The zero-order chi connectivity index (χ0) is 16.8. The van der Waals surface area contributed by atoms with Gasteiger partial charge in [0.2, 0.25) is 5.91 Å². The summed E-state index contributed by atoms with van der Waals surface area (Å²) in [5.74, 6) is 1.44. The van der Waals surface area contributed by atoms with E-state index < -0.39 is 5.60 Å². The first-order chi connectivity index (χ1) is 11.5. The van der Waals surface area contributed by atoms with Crippen molar-refractivity contribution in [3.05, 3.63) is 6.33 Å². The van der Waals surface area contributed by atoms with Crippen LogP contribution in [0.5, 0.6) is 0 Å². The first kappa shape index (κ1) is 16.4. The van der Waals surface area contributed by atoms with Gasteiger partial charge < -0.3 is 10.4 Å². The van der Waals surface area contributed by atoms with Crippen molar-refractivity contribution in [2.24, 2.45) is 16.7 Å². The van der Waals surface area contributed by atoms with Crippen LogP contribution in [-0.2, 0) is 4.79 Å². The summed E-state index contributed by atoms with van der Waals surface area (Å²) in [5, 5.41) is 21.5. The molecule has 0 saturated heterocycles. The van der Waals surface area contributed by atoms with Crippen LogP contribution in [0.1, 0.15) is 51.9 Å². The summed E-state index contributed by atoms with van der Waals surface area (Å²) in [7, 11) is 0. The van der Waals surface area contributed by atoms with E-state index in [1.165, 1.54) is 12.7 Å². The Balaban J connectivity index is 1.40. The highest BCUT2D eigenvalue weighted by molar-refractivity contribution is 7.99. The monoisotopic (exact) mass is 350 g/mol. The van der Waals surface area contributed by atoms with Gasteiger partial charge in [-0.2, -0.15) is 5.10 Å².